The Labute approximate surface area is 178 Å². The van der Waals surface area contributed by atoms with Crippen molar-refractivity contribution >= 4 is 17.6 Å². The molecule has 148 valence electrons. The summed E-state index contributed by atoms with van der Waals surface area (Å²) < 4.78 is 11.2. The molecule has 1 atom stereocenters. The van der Waals surface area contributed by atoms with Gasteiger partial charge in [-0.25, -0.2) is 4.79 Å². The molecule has 0 aromatic heterocycles. The Balaban J connectivity index is 1.69. The minimum absolute atomic E-state index is 0.0205. The summed E-state index contributed by atoms with van der Waals surface area (Å²) >= 11 is 6.00. The number of ether oxygens (including phenoxy) is 2. The van der Waals surface area contributed by atoms with Crippen LogP contribution >= 0.6 is 11.6 Å². The number of carbonyl (C=O) groups excluding carboxylic acids is 1. The van der Waals surface area contributed by atoms with Gasteiger partial charge in [-0.2, -0.15) is 5.26 Å². The molecule has 0 amide bonds. The molecule has 3 aromatic rings. The molecule has 1 aliphatic heterocycles. The second-order valence-corrected chi connectivity index (χ2v) is 7.37. The fourth-order valence-corrected chi connectivity index (χ4v) is 3.56. The normalized spacial score (nSPS) is 15.0. The minimum Gasteiger partial charge on any atom is -0.440 e. The van der Waals surface area contributed by atoms with Gasteiger partial charge < -0.3 is 15.2 Å². The maximum absolute atomic E-state index is 12.5. The van der Waals surface area contributed by atoms with Crippen molar-refractivity contribution in [1.29, 1.82) is 5.26 Å². The largest absolute Gasteiger partial charge is 0.440 e. The number of nitrogens with two attached hydrogens (primary N) is 1. The number of halogens is 1. The van der Waals surface area contributed by atoms with Gasteiger partial charge in [0.05, 0.1) is 11.5 Å². The Hall–Kier alpha value is -3.75. The van der Waals surface area contributed by atoms with Gasteiger partial charge in [0.1, 0.15) is 23.1 Å². The topological polar surface area (TPSA) is 85.3 Å². The molecule has 0 saturated carbocycles. The van der Waals surface area contributed by atoms with E-state index in [1.54, 1.807) is 48.5 Å². The fourth-order valence-electron chi connectivity index (χ4n) is 3.44. The lowest BCUT2D eigenvalue weighted by atomic mass is 9.83. The number of hydrogen-bond donors (Lipinski definition) is 1. The lowest BCUT2D eigenvalue weighted by Gasteiger charge is -2.26. The zero-order valence-corrected chi connectivity index (χ0v) is 16.8. The first-order chi connectivity index (χ1) is 14.5. The van der Waals surface area contributed by atoms with Gasteiger partial charge in [0.2, 0.25) is 5.88 Å². The molecular weight excluding hydrogens is 400 g/mol. The molecule has 1 heterocycles. The number of fused-ring (bicyclic) bond motifs is 1. The van der Waals surface area contributed by atoms with E-state index in [0.29, 0.717) is 27.7 Å². The van der Waals surface area contributed by atoms with Gasteiger partial charge in [-0.15, -0.1) is 0 Å². The Morgan fingerprint density at radius 3 is 2.60 bits per heavy atom. The minimum atomic E-state index is -0.468. The zero-order valence-electron chi connectivity index (χ0n) is 16.1. The van der Waals surface area contributed by atoms with E-state index in [-0.39, 0.29) is 5.88 Å². The third-order valence-corrected chi connectivity index (χ3v) is 5.11. The predicted molar refractivity (Wildman–Crippen MR) is 113 cm³/mol. The standard InChI is InChI=1S/C24H17ClN2O3/c1-14-3-2-4-16(11-14)24(28)29-18-9-10-19-21(12-18)30-23(27)20(13-26)22(19)15-5-7-17(25)8-6-15/h2-12,22H,27H2,1H3. The van der Waals surface area contributed by atoms with Crippen LogP contribution in [-0.2, 0) is 0 Å². The molecule has 0 aliphatic carbocycles. The number of allylic oxidation sites excluding steroid dienone is 1. The van der Waals surface area contributed by atoms with Crippen LogP contribution in [0.15, 0.2) is 78.2 Å². The van der Waals surface area contributed by atoms with E-state index >= 15 is 0 Å². The first-order valence-corrected chi connectivity index (χ1v) is 9.60. The summed E-state index contributed by atoms with van der Waals surface area (Å²) in [4.78, 5) is 12.5. The lowest BCUT2D eigenvalue weighted by Crippen LogP contribution is -2.21. The van der Waals surface area contributed by atoms with Crippen molar-refractivity contribution in [2.24, 2.45) is 5.73 Å². The number of benzene rings is 3. The van der Waals surface area contributed by atoms with E-state index in [2.05, 4.69) is 6.07 Å². The highest BCUT2D eigenvalue weighted by molar-refractivity contribution is 6.30. The number of nitriles is 1. The van der Waals surface area contributed by atoms with Crippen molar-refractivity contribution in [1.82, 2.24) is 0 Å². The summed E-state index contributed by atoms with van der Waals surface area (Å²) in [5.41, 5.74) is 9.36. The van der Waals surface area contributed by atoms with Gasteiger partial charge in [0, 0.05) is 16.7 Å². The Morgan fingerprint density at radius 2 is 1.90 bits per heavy atom. The van der Waals surface area contributed by atoms with Crippen LogP contribution in [0, 0.1) is 18.3 Å². The van der Waals surface area contributed by atoms with Crippen LogP contribution in [0.1, 0.15) is 33.0 Å². The van der Waals surface area contributed by atoms with Crippen molar-refractivity contribution < 1.29 is 14.3 Å². The number of carbonyl (C=O) groups is 1. The number of aryl methyl sites for hydroxylation is 1. The fraction of sp³-hybridized carbons (Fsp3) is 0.0833. The lowest BCUT2D eigenvalue weighted by molar-refractivity contribution is 0.0734. The summed E-state index contributed by atoms with van der Waals surface area (Å²) in [5, 5.41) is 10.2. The first kappa shape index (κ1) is 19.6. The Morgan fingerprint density at radius 1 is 1.13 bits per heavy atom. The van der Waals surface area contributed by atoms with E-state index in [1.807, 2.05) is 25.1 Å². The van der Waals surface area contributed by atoms with Crippen LogP contribution in [0.4, 0.5) is 0 Å². The summed E-state index contributed by atoms with van der Waals surface area (Å²) in [5.74, 6) is -0.0982. The summed E-state index contributed by atoms with van der Waals surface area (Å²) in [6, 6.07) is 21.6. The van der Waals surface area contributed by atoms with Crippen molar-refractivity contribution in [3.05, 3.63) is 105 Å². The Bertz CT molecular complexity index is 1210. The molecular formula is C24H17ClN2O3. The highest BCUT2D eigenvalue weighted by Gasteiger charge is 2.31. The quantitative estimate of drug-likeness (QED) is 0.475. The van der Waals surface area contributed by atoms with Crippen LogP contribution in [0.3, 0.4) is 0 Å². The van der Waals surface area contributed by atoms with E-state index in [0.717, 1.165) is 16.7 Å². The van der Waals surface area contributed by atoms with Gasteiger partial charge in [-0.05, 0) is 42.8 Å². The third-order valence-electron chi connectivity index (χ3n) is 4.86. The van der Waals surface area contributed by atoms with Gasteiger partial charge in [0.25, 0.3) is 0 Å². The van der Waals surface area contributed by atoms with Crippen molar-refractivity contribution in [3.8, 4) is 17.6 Å². The second kappa shape index (κ2) is 7.94. The van der Waals surface area contributed by atoms with E-state index in [9.17, 15) is 10.1 Å². The molecule has 6 heteroatoms. The molecule has 3 aromatic carbocycles. The van der Waals surface area contributed by atoms with Gasteiger partial charge >= 0.3 is 5.97 Å². The smallest absolute Gasteiger partial charge is 0.343 e. The molecule has 0 bridgehead atoms. The number of rotatable bonds is 3. The molecule has 5 nitrogen and oxygen atoms in total. The highest BCUT2D eigenvalue weighted by Crippen LogP contribution is 2.43. The van der Waals surface area contributed by atoms with Gasteiger partial charge in [-0.1, -0.05) is 47.5 Å². The molecule has 0 radical (unpaired) electrons. The van der Waals surface area contributed by atoms with Gasteiger partial charge in [-0.3, -0.25) is 0 Å². The number of esters is 1. The molecule has 0 fully saturated rings. The predicted octanol–water partition coefficient (Wildman–Crippen LogP) is 5.09. The number of hydrogen-bond acceptors (Lipinski definition) is 5. The second-order valence-electron chi connectivity index (χ2n) is 6.93. The Kier molecular flexibility index (Phi) is 5.18. The molecule has 4 rings (SSSR count). The average Bonchev–Trinajstić information content (AvgIpc) is 2.73. The summed E-state index contributed by atoms with van der Waals surface area (Å²) in [6.45, 7) is 1.91. The van der Waals surface area contributed by atoms with E-state index < -0.39 is 11.9 Å². The molecule has 2 N–H and O–H groups in total. The van der Waals surface area contributed by atoms with E-state index in [1.165, 1.54) is 0 Å². The average molecular weight is 417 g/mol. The van der Waals surface area contributed by atoms with Crippen molar-refractivity contribution in [2.45, 2.75) is 12.8 Å². The van der Waals surface area contributed by atoms with Gasteiger partial charge in [0.15, 0.2) is 0 Å². The van der Waals surface area contributed by atoms with Crippen LogP contribution in [0.5, 0.6) is 11.5 Å². The van der Waals surface area contributed by atoms with Crippen LogP contribution in [0.2, 0.25) is 5.02 Å². The molecule has 1 aliphatic rings. The van der Waals surface area contributed by atoms with Crippen LogP contribution in [0.25, 0.3) is 0 Å². The monoisotopic (exact) mass is 416 g/mol. The maximum Gasteiger partial charge on any atom is 0.343 e. The zero-order chi connectivity index (χ0) is 21.3. The molecule has 0 saturated heterocycles. The molecule has 0 spiro atoms. The third kappa shape index (κ3) is 3.73. The SMILES string of the molecule is Cc1cccc(C(=O)Oc2ccc3c(c2)OC(N)=C(C#N)C3c2ccc(Cl)cc2)c1. The van der Waals surface area contributed by atoms with E-state index in [4.69, 9.17) is 26.8 Å². The molecule has 30 heavy (non-hydrogen) atoms. The molecule has 1 unspecified atom stereocenters. The maximum atomic E-state index is 12.5. The van der Waals surface area contributed by atoms with Crippen molar-refractivity contribution in [2.75, 3.05) is 0 Å². The van der Waals surface area contributed by atoms with Crippen LogP contribution in [-0.4, -0.2) is 5.97 Å². The van der Waals surface area contributed by atoms with Crippen LogP contribution < -0.4 is 15.2 Å². The first-order valence-electron chi connectivity index (χ1n) is 9.22. The van der Waals surface area contributed by atoms with Crippen molar-refractivity contribution in [3.63, 3.8) is 0 Å². The highest BCUT2D eigenvalue weighted by atomic mass is 35.5. The summed E-state index contributed by atoms with van der Waals surface area (Å²) in [7, 11) is 0. The summed E-state index contributed by atoms with van der Waals surface area (Å²) in [6.07, 6.45) is 0. The number of nitrogens with zero attached hydrogens (tertiary/aromatic N) is 1.